The fourth-order valence-electron chi connectivity index (χ4n) is 20.5. The number of nitrogens with zero attached hydrogens (tertiary/aromatic N) is 10. The fourth-order valence-corrected chi connectivity index (χ4v) is 26.8. The number of pyridine rings is 3. The Labute approximate surface area is 759 Å². The van der Waals surface area contributed by atoms with Gasteiger partial charge in [-0.15, -0.1) is 56.7 Å². The minimum absolute atomic E-state index is 0.0150. The van der Waals surface area contributed by atoms with Crippen LogP contribution in [0.3, 0.4) is 0 Å². The molecule has 13 aromatic heterocycles. The summed E-state index contributed by atoms with van der Waals surface area (Å²) in [7, 11) is 0. The van der Waals surface area contributed by atoms with E-state index in [2.05, 4.69) is 374 Å². The van der Waals surface area contributed by atoms with Crippen molar-refractivity contribution in [2.75, 3.05) is 14.7 Å². The highest BCUT2D eigenvalue weighted by Gasteiger charge is 2.47. The van der Waals surface area contributed by atoms with Gasteiger partial charge < -0.3 is 13.7 Å². The molecule has 0 amide bonds. The van der Waals surface area contributed by atoms with Crippen molar-refractivity contribution >= 4 is 301 Å². The van der Waals surface area contributed by atoms with Crippen LogP contribution < -0.4 is 61.8 Å². The molecule has 0 saturated carbocycles. The number of benzene rings is 13. The highest BCUT2D eigenvalue weighted by atomic mass is 32.1. The van der Waals surface area contributed by atoms with Crippen LogP contribution >= 0.6 is 56.7 Å². The van der Waals surface area contributed by atoms with Gasteiger partial charge in [0, 0.05) is 130 Å². The van der Waals surface area contributed by atoms with Gasteiger partial charge in [0.25, 0.3) is 20.1 Å². The first-order valence-corrected chi connectivity index (χ1v) is 47.1. The molecule has 3 aliphatic rings. The zero-order valence-electron chi connectivity index (χ0n) is 68.6. The minimum atomic E-state index is 0.0150. The van der Waals surface area contributed by atoms with Gasteiger partial charge in [-0.05, 0) is 154 Å². The van der Waals surface area contributed by atoms with Gasteiger partial charge in [0.1, 0.15) is 45.1 Å². The van der Waals surface area contributed by atoms with Crippen LogP contribution in [0, 0.1) is 0 Å². The largest absolute Gasteiger partial charge is 0.456 e. The Balaban J connectivity index is 0.000000100. The number of para-hydroxylation sites is 4. The van der Waals surface area contributed by atoms with Crippen LogP contribution in [0.25, 0.3) is 138 Å². The molecule has 20 heteroatoms. The summed E-state index contributed by atoms with van der Waals surface area (Å²) in [5.74, 6) is 3.15. The first-order valence-electron chi connectivity index (χ1n) is 43.1. The van der Waals surface area contributed by atoms with Crippen LogP contribution in [0.15, 0.2) is 404 Å². The van der Waals surface area contributed by atoms with Gasteiger partial charge in [0.2, 0.25) is 0 Å². The van der Waals surface area contributed by atoms with Crippen LogP contribution in [0.4, 0.5) is 50.9 Å². The number of anilines is 9. The van der Waals surface area contributed by atoms with Crippen molar-refractivity contribution in [3.8, 4) is 11.4 Å². The molecule has 0 N–H and O–H groups in total. The van der Waals surface area contributed by atoms with Gasteiger partial charge in [-0.1, -0.05) is 253 Å². The van der Waals surface area contributed by atoms with E-state index in [0.29, 0.717) is 0 Å². The predicted octanol–water partition coefficient (Wildman–Crippen LogP) is 23.8. The Bertz CT molecular complexity index is 8980. The molecule has 16 heterocycles. The number of thiophene rings is 5. The minimum Gasteiger partial charge on any atom is -0.456 e. The third-order valence-electron chi connectivity index (χ3n) is 25.8. The Kier molecular flexibility index (Phi) is 17.0. The Morgan fingerprint density at radius 3 is 1.22 bits per heavy atom. The number of hydrogen-bond acceptors (Lipinski definition) is 15. The van der Waals surface area contributed by atoms with Gasteiger partial charge in [-0.3, -0.25) is 28.9 Å². The maximum atomic E-state index is 6.24. The predicted molar refractivity (Wildman–Crippen MR) is 548 cm³/mol. The zero-order valence-corrected chi connectivity index (χ0v) is 72.7. The number of fused-ring (bicyclic) bond motifs is 27. The Morgan fingerprint density at radius 1 is 0.271 bits per heavy atom. The van der Waals surface area contributed by atoms with E-state index in [1.54, 1.807) is 41.4 Å². The molecule has 129 heavy (non-hydrogen) atoms. The molecule has 0 atom stereocenters. The summed E-state index contributed by atoms with van der Waals surface area (Å²) >= 11 is 9.25. The van der Waals surface area contributed by atoms with Crippen LogP contribution in [0.2, 0.25) is 0 Å². The summed E-state index contributed by atoms with van der Waals surface area (Å²) in [5.41, 5.74) is 22.8. The van der Waals surface area contributed by atoms with Crippen LogP contribution in [0.1, 0.15) is 0 Å². The average Bonchev–Trinajstić information content (AvgIpc) is 1.57. The standard InChI is InChI=1S/C39H24BN3OS.C37H22BN5S2.C33H19BN2OS2/c1-3-11-25(12-4-1)40-36-28-15-7-9-17-32(28)42(26-13-5-2-6-14-26)39(36)43(37-29-16-8-10-18-35(29)45-38(37)40)27-19-20-33-30(23-27)31-24-41-22-21-34(31)44-33;1-3-12-23(13-4-1)38-30-25-16-7-9-19-28(25)42(24-14-5-2-6-15-24)37(30)43(32-27-18-11-21-39-36(27)45-34(32)38)35-33-31(40-22-41-35)26-17-8-10-20-29(26)44-33;1-2-8-20(9-3-1)34-30-22-10-4-6-12-28(22)39-33(30)36(31-23-11-5-7-13-29(23)38-32(31)34)21-14-15-26-24(18-21)25-19-35-17-16-27(25)37-26/h1-24H;1-22H;1-19H. The number of rotatable bonds is 8. The molecule has 0 radical (unpaired) electrons. The van der Waals surface area contributed by atoms with E-state index in [1.165, 1.54) is 120 Å². The lowest BCUT2D eigenvalue weighted by Crippen LogP contribution is -2.56. The molecule has 0 aliphatic carbocycles. The second-order valence-corrected chi connectivity index (χ2v) is 38.1. The number of furan rings is 2. The van der Waals surface area contributed by atoms with Crippen molar-refractivity contribution in [1.29, 1.82) is 0 Å². The van der Waals surface area contributed by atoms with E-state index in [-0.39, 0.29) is 20.1 Å². The first kappa shape index (κ1) is 74.0. The van der Waals surface area contributed by atoms with E-state index < -0.39 is 0 Å². The third kappa shape index (κ3) is 11.4. The van der Waals surface area contributed by atoms with Crippen molar-refractivity contribution in [1.82, 2.24) is 34.1 Å². The van der Waals surface area contributed by atoms with Crippen molar-refractivity contribution in [2.45, 2.75) is 0 Å². The SMILES string of the molecule is c1ccc(B2c3sc4ccccc4c3N(c3ccc4oc5ccncc5c4c3)c3c2c2ccccc2n3-c2ccccc2)cc1.c1ccc(B2c3sc4ccccc4c3N(c3ccc4oc5ccncc5c4c3)c3sc4ccccc4c32)cc1.c1ccc(B2c3sc4ncccc4c3N(c3ncnc4c3sc3ccccc34)c3c2c2ccccc2n3-c2ccccc2)cc1. The molecule has 29 rings (SSSR count). The summed E-state index contributed by atoms with van der Waals surface area (Å²) in [5, 5.41) is 14.1. The maximum absolute atomic E-state index is 6.24. The van der Waals surface area contributed by atoms with Crippen LogP contribution in [0.5, 0.6) is 0 Å². The third-order valence-corrected chi connectivity index (χ3v) is 31.7. The lowest BCUT2D eigenvalue weighted by atomic mass is 9.38. The van der Waals surface area contributed by atoms with Crippen molar-refractivity contribution in [3.05, 3.63) is 395 Å². The second kappa shape index (κ2) is 29.7. The number of aromatic nitrogens is 7. The fraction of sp³-hybridized carbons (Fsp3) is 0. The molecule has 3 aliphatic heterocycles. The molecule has 602 valence electrons. The van der Waals surface area contributed by atoms with Gasteiger partial charge >= 0.3 is 0 Å². The summed E-state index contributed by atoms with van der Waals surface area (Å²) in [6.07, 6.45) is 11.0. The molecule has 0 fully saturated rings. The molecule has 0 bridgehead atoms. The molecule has 0 spiro atoms. The summed E-state index contributed by atoms with van der Waals surface area (Å²) in [6.45, 7) is 0.257. The highest BCUT2D eigenvalue weighted by molar-refractivity contribution is 7.36. The molecule has 26 aromatic rings. The van der Waals surface area contributed by atoms with Crippen molar-refractivity contribution < 1.29 is 8.83 Å². The summed E-state index contributed by atoms with van der Waals surface area (Å²) < 4.78 is 27.5. The van der Waals surface area contributed by atoms with Crippen LogP contribution in [-0.2, 0) is 0 Å². The smallest absolute Gasteiger partial charge is 0.262 e. The highest BCUT2D eigenvalue weighted by Crippen LogP contribution is 2.53. The summed E-state index contributed by atoms with van der Waals surface area (Å²) in [6, 6.07) is 128. The normalized spacial score (nSPS) is 12.9. The lowest BCUT2D eigenvalue weighted by Gasteiger charge is -2.35. The number of hydrogen-bond donors (Lipinski definition) is 0. The zero-order chi connectivity index (χ0) is 84.5. The first-order chi connectivity index (χ1) is 64.1. The van der Waals surface area contributed by atoms with Gasteiger partial charge in [-0.2, -0.15) is 0 Å². The van der Waals surface area contributed by atoms with Crippen molar-refractivity contribution in [2.24, 2.45) is 0 Å². The van der Waals surface area contributed by atoms with E-state index in [1.807, 2.05) is 70.8 Å². The Hall–Kier alpha value is -15.3. The molecule has 0 unspecified atom stereocenters. The van der Waals surface area contributed by atoms with Crippen molar-refractivity contribution in [3.63, 3.8) is 0 Å². The quantitative estimate of drug-likeness (QED) is 0.136. The molecule has 12 nitrogen and oxygen atoms in total. The second-order valence-electron chi connectivity index (χ2n) is 32.8. The Morgan fingerprint density at radius 2 is 0.682 bits per heavy atom. The van der Waals surface area contributed by atoms with Crippen LogP contribution in [-0.4, -0.2) is 54.2 Å². The topological polar surface area (TPSA) is 110 Å². The lowest BCUT2D eigenvalue weighted by molar-refractivity contribution is 0.668. The van der Waals surface area contributed by atoms with E-state index >= 15 is 0 Å². The maximum Gasteiger partial charge on any atom is 0.262 e. The van der Waals surface area contributed by atoms with Gasteiger partial charge in [-0.25, -0.2) is 15.0 Å². The summed E-state index contributed by atoms with van der Waals surface area (Å²) in [4.78, 5) is 32.1. The van der Waals surface area contributed by atoms with E-state index in [0.717, 1.165) is 116 Å². The average molecular weight is 1740 g/mol. The van der Waals surface area contributed by atoms with Gasteiger partial charge in [0.15, 0.2) is 5.82 Å². The molecular weight excluding hydrogens is 1670 g/mol. The van der Waals surface area contributed by atoms with E-state index in [9.17, 15) is 0 Å². The van der Waals surface area contributed by atoms with Gasteiger partial charge in [0.05, 0.1) is 43.3 Å². The van der Waals surface area contributed by atoms with E-state index in [4.69, 9.17) is 23.8 Å². The monoisotopic (exact) mass is 1740 g/mol. The molecular formula is C109H65B3N10O2S5. The molecule has 13 aromatic carbocycles. The molecule has 0 saturated heterocycles.